The van der Waals surface area contributed by atoms with E-state index in [9.17, 15) is 9.90 Å². The number of hydrogen-bond donors (Lipinski definition) is 1. The lowest BCUT2D eigenvalue weighted by atomic mass is 9.99. The first-order valence-corrected chi connectivity index (χ1v) is 12.3. The number of benzene rings is 3. The number of piperazine rings is 1. The zero-order valence-corrected chi connectivity index (χ0v) is 21.0. The summed E-state index contributed by atoms with van der Waals surface area (Å²) in [6.45, 7) is 7.39. The number of aromatic hydroxyl groups is 1. The van der Waals surface area contributed by atoms with Crippen molar-refractivity contribution < 1.29 is 9.90 Å². The quantitative estimate of drug-likeness (QED) is 0.455. The van der Waals surface area contributed by atoms with Crippen molar-refractivity contribution in [1.82, 2.24) is 14.9 Å². The SMILES string of the molecule is Cc1cc(-c2ccc3ncc(N4CCN(CC(=O)N(C)c5ccccc5)CC4)nc3c2)cc(C)c1O. The van der Waals surface area contributed by atoms with E-state index in [-0.39, 0.29) is 5.91 Å². The Labute approximate surface area is 211 Å². The van der Waals surface area contributed by atoms with Crippen LogP contribution in [-0.2, 0) is 4.79 Å². The smallest absolute Gasteiger partial charge is 0.240 e. The molecule has 1 N–H and O–H groups in total. The highest BCUT2D eigenvalue weighted by Crippen LogP contribution is 2.30. The Bertz CT molecular complexity index is 1370. The number of nitrogens with zero attached hydrogens (tertiary/aromatic N) is 5. The van der Waals surface area contributed by atoms with E-state index >= 15 is 0 Å². The number of carbonyl (C=O) groups is 1. The summed E-state index contributed by atoms with van der Waals surface area (Å²) < 4.78 is 0. The predicted molar refractivity (Wildman–Crippen MR) is 145 cm³/mol. The van der Waals surface area contributed by atoms with Gasteiger partial charge in [-0.15, -0.1) is 0 Å². The Morgan fingerprint density at radius 1 is 0.917 bits per heavy atom. The summed E-state index contributed by atoms with van der Waals surface area (Å²) in [5.41, 5.74) is 6.41. The van der Waals surface area contributed by atoms with Gasteiger partial charge >= 0.3 is 0 Å². The van der Waals surface area contributed by atoms with E-state index in [4.69, 9.17) is 4.98 Å². The third kappa shape index (κ3) is 4.88. The molecule has 2 heterocycles. The van der Waals surface area contributed by atoms with Crippen molar-refractivity contribution in [3.8, 4) is 16.9 Å². The van der Waals surface area contributed by atoms with Crippen LogP contribution in [0.2, 0.25) is 0 Å². The monoisotopic (exact) mass is 481 g/mol. The maximum Gasteiger partial charge on any atom is 0.240 e. The largest absolute Gasteiger partial charge is 0.507 e. The molecule has 36 heavy (non-hydrogen) atoms. The third-order valence-corrected chi connectivity index (χ3v) is 6.93. The van der Waals surface area contributed by atoms with Crippen molar-refractivity contribution in [2.45, 2.75) is 13.8 Å². The molecule has 1 aliphatic heterocycles. The van der Waals surface area contributed by atoms with Gasteiger partial charge in [0.2, 0.25) is 5.91 Å². The summed E-state index contributed by atoms with van der Waals surface area (Å²) in [6.07, 6.45) is 1.83. The van der Waals surface area contributed by atoms with Crippen molar-refractivity contribution in [3.63, 3.8) is 0 Å². The Hall–Kier alpha value is -3.97. The molecule has 0 aliphatic carbocycles. The van der Waals surface area contributed by atoms with Gasteiger partial charge in [-0.25, -0.2) is 4.98 Å². The standard InChI is InChI=1S/C29H31N5O2/c1-20-15-23(16-21(2)29(20)36)22-9-10-25-26(17-22)31-27(18-30-25)34-13-11-33(12-14-34)19-28(35)32(3)24-7-5-4-6-8-24/h4-10,15-18,36H,11-14,19H2,1-3H3. The molecule has 1 fully saturated rings. The van der Waals surface area contributed by atoms with Crippen LogP contribution in [-0.4, -0.2) is 65.7 Å². The van der Waals surface area contributed by atoms with Gasteiger partial charge in [-0.05, 0) is 72.5 Å². The molecule has 7 nitrogen and oxygen atoms in total. The van der Waals surface area contributed by atoms with E-state index in [0.717, 1.165) is 71.0 Å². The Kier molecular flexibility index (Phi) is 6.57. The zero-order valence-electron chi connectivity index (χ0n) is 21.0. The molecule has 1 aliphatic rings. The van der Waals surface area contributed by atoms with Gasteiger partial charge in [0.15, 0.2) is 0 Å². The topological polar surface area (TPSA) is 72.8 Å². The van der Waals surface area contributed by atoms with Crippen LogP contribution >= 0.6 is 0 Å². The summed E-state index contributed by atoms with van der Waals surface area (Å²) >= 11 is 0. The number of hydrogen-bond acceptors (Lipinski definition) is 6. The van der Waals surface area contributed by atoms with Crippen LogP contribution in [0.1, 0.15) is 11.1 Å². The second-order valence-electron chi connectivity index (χ2n) is 9.44. The number of aryl methyl sites for hydroxylation is 2. The fraction of sp³-hybridized carbons (Fsp3) is 0.276. The van der Waals surface area contributed by atoms with Crippen LogP contribution in [0, 0.1) is 13.8 Å². The van der Waals surface area contributed by atoms with Gasteiger partial charge in [0.05, 0.1) is 23.8 Å². The molecule has 184 valence electrons. The molecule has 0 unspecified atom stereocenters. The summed E-state index contributed by atoms with van der Waals surface area (Å²) in [5.74, 6) is 1.28. The summed E-state index contributed by atoms with van der Waals surface area (Å²) in [5, 5.41) is 10.1. The van der Waals surface area contributed by atoms with Crippen molar-refractivity contribution in [2.75, 3.05) is 49.6 Å². The van der Waals surface area contributed by atoms with Gasteiger partial charge in [-0.2, -0.15) is 0 Å². The van der Waals surface area contributed by atoms with Gasteiger partial charge in [0.25, 0.3) is 0 Å². The molecule has 0 saturated carbocycles. The molecule has 0 atom stereocenters. The maximum absolute atomic E-state index is 12.8. The number of rotatable bonds is 5. The third-order valence-electron chi connectivity index (χ3n) is 6.93. The average molecular weight is 482 g/mol. The fourth-order valence-electron chi connectivity index (χ4n) is 4.68. The van der Waals surface area contributed by atoms with E-state index in [2.05, 4.69) is 20.9 Å². The zero-order chi connectivity index (χ0) is 25.2. The van der Waals surface area contributed by atoms with Crippen LogP contribution in [0.5, 0.6) is 5.75 Å². The van der Waals surface area contributed by atoms with Crippen molar-refractivity contribution >= 4 is 28.4 Å². The van der Waals surface area contributed by atoms with Crippen molar-refractivity contribution in [1.29, 1.82) is 0 Å². The first-order chi connectivity index (χ1) is 17.4. The molecule has 3 aromatic carbocycles. The molecule has 0 bridgehead atoms. The molecule has 0 spiro atoms. The van der Waals surface area contributed by atoms with Crippen LogP contribution < -0.4 is 9.80 Å². The Morgan fingerprint density at radius 3 is 2.31 bits per heavy atom. The maximum atomic E-state index is 12.8. The van der Waals surface area contributed by atoms with Gasteiger partial charge < -0.3 is 14.9 Å². The predicted octanol–water partition coefficient (Wildman–Crippen LogP) is 4.40. The molecule has 7 heteroatoms. The number of phenolic OH excluding ortho intramolecular Hbond substituents is 1. The molecule has 1 amide bonds. The fourth-order valence-corrected chi connectivity index (χ4v) is 4.68. The highest BCUT2D eigenvalue weighted by Gasteiger charge is 2.22. The van der Waals surface area contributed by atoms with Gasteiger partial charge in [0.1, 0.15) is 11.6 Å². The highest BCUT2D eigenvalue weighted by molar-refractivity contribution is 5.94. The normalized spacial score (nSPS) is 14.2. The number of carbonyl (C=O) groups excluding carboxylic acids is 1. The van der Waals surface area contributed by atoms with Crippen molar-refractivity contribution in [2.24, 2.45) is 0 Å². The lowest BCUT2D eigenvalue weighted by molar-refractivity contribution is -0.119. The Balaban J connectivity index is 1.27. The minimum atomic E-state index is 0.0902. The number of phenols is 1. The van der Waals surface area contributed by atoms with Crippen LogP contribution in [0.15, 0.2) is 66.9 Å². The minimum absolute atomic E-state index is 0.0902. The second kappa shape index (κ2) is 9.95. The molecule has 0 radical (unpaired) electrons. The van der Waals surface area contributed by atoms with Crippen LogP contribution in [0.25, 0.3) is 22.2 Å². The molecule has 5 rings (SSSR count). The van der Waals surface area contributed by atoms with Gasteiger partial charge in [-0.3, -0.25) is 14.7 Å². The number of anilines is 2. The number of aromatic nitrogens is 2. The summed E-state index contributed by atoms with van der Waals surface area (Å²) in [4.78, 5) is 28.5. The number of amides is 1. The summed E-state index contributed by atoms with van der Waals surface area (Å²) in [6, 6.07) is 19.8. The average Bonchev–Trinajstić information content (AvgIpc) is 2.91. The number of para-hydroxylation sites is 1. The van der Waals surface area contributed by atoms with E-state index in [0.29, 0.717) is 12.3 Å². The number of likely N-dealkylation sites (N-methyl/N-ethyl adjacent to an activating group) is 1. The lowest BCUT2D eigenvalue weighted by Crippen LogP contribution is -2.50. The number of fused-ring (bicyclic) bond motifs is 1. The van der Waals surface area contributed by atoms with E-state index in [1.165, 1.54) is 0 Å². The summed E-state index contributed by atoms with van der Waals surface area (Å²) in [7, 11) is 1.83. The molecular weight excluding hydrogens is 450 g/mol. The lowest BCUT2D eigenvalue weighted by Gasteiger charge is -2.35. The van der Waals surface area contributed by atoms with Gasteiger partial charge in [0, 0.05) is 38.9 Å². The minimum Gasteiger partial charge on any atom is -0.507 e. The molecular formula is C29H31N5O2. The highest BCUT2D eigenvalue weighted by atomic mass is 16.3. The van der Waals surface area contributed by atoms with Gasteiger partial charge in [-0.1, -0.05) is 24.3 Å². The Morgan fingerprint density at radius 2 is 1.61 bits per heavy atom. The molecule has 1 aromatic heterocycles. The first-order valence-electron chi connectivity index (χ1n) is 12.3. The second-order valence-corrected chi connectivity index (χ2v) is 9.44. The van der Waals surface area contributed by atoms with E-state index in [1.54, 1.807) is 4.90 Å². The van der Waals surface area contributed by atoms with Crippen LogP contribution in [0.4, 0.5) is 11.5 Å². The van der Waals surface area contributed by atoms with E-state index < -0.39 is 0 Å². The molecule has 4 aromatic rings. The first kappa shape index (κ1) is 23.8. The van der Waals surface area contributed by atoms with Crippen molar-refractivity contribution in [3.05, 3.63) is 78.0 Å². The molecule has 1 saturated heterocycles. The van der Waals surface area contributed by atoms with Crippen LogP contribution in [0.3, 0.4) is 0 Å². The van der Waals surface area contributed by atoms with E-state index in [1.807, 2.05) is 81.7 Å².